The van der Waals surface area contributed by atoms with Gasteiger partial charge in [-0.15, -0.1) is 0 Å². The van der Waals surface area contributed by atoms with Crippen molar-refractivity contribution in [1.82, 2.24) is 10.2 Å². The van der Waals surface area contributed by atoms with Crippen molar-refractivity contribution in [1.29, 1.82) is 5.26 Å². The Kier molecular flexibility index (Phi) is 7.54. The van der Waals surface area contributed by atoms with E-state index < -0.39 is 5.91 Å². The fraction of sp³-hybridized carbons (Fsp3) is 0.412. The maximum Gasteiger partial charge on any atom is 0.261 e. The molecule has 2 rings (SSSR count). The Bertz CT molecular complexity index is 629. The van der Waals surface area contributed by atoms with Gasteiger partial charge in [0.15, 0.2) is 0 Å². The zero-order valence-corrected chi connectivity index (χ0v) is 14.7. The molecule has 0 aliphatic carbocycles. The van der Waals surface area contributed by atoms with Crippen LogP contribution in [-0.4, -0.2) is 50.2 Å². The Balaban J connectivity index is 1.87. The van der Waals surface area contributed by atoms with Crippen LogP contribution in [0, 0.1) is 11.3 Å². The van der Waals surface area contributed by atoms with Crippen LogP contribution in [0.5, 0.6) is 0 Å². The van der Waals surface area contributed by atoms with E-state index in [-0.39, 0.29) is 5.57 Å². The summed E-state index contributed by atoms with van der Waals surface area (Å²) in [5.41, 5.74) is 0.456. The largest absolute Gasteiger partial charge is 0.379 e. The highest BCUT2D eigenvalue weighted by Crippen LogP contribution is 2.26. The molecule has 1 fully saturated rings. The molecule has 0 radical (unpaired) electrons. The monoisotopic (exact) mass is 367 g/mol. The third-order valence-electron chi connectivity index (χ3n) is 3.69. The van der Waals surface area contributed by atoms with E-state index >= 15 is 0 Å². The second kappa shape index (κ2) is 9.65. The number of amides is 1. The molecule has 0 aromatic heterocycles. The number of halogens is 2. The number of nitrogens with one attached hydrogen (secondary N) is 1. The van der Waals surface area contributed by atoms with Gasteiger partial charge in [0.25, 0.3) is 5.91 Å². The van der Waals surface area contributed by atoms with E-state index in [4.69, 9.17) is 27.9 Å². The molecule has 1 heterocycles. The van der Waals surface area contributed by atoms with Crippen LogP contribution in [0.15, 0.2) is 23.8 Å². The predicted octanol–water partition coefficient (Wildman–Crippen LogP) is 2.74. The van der Waals surface area contributed by atoms with Gasteiger partial charge in [0, 0.05) is 35.2 Å². The number of ether oxygens (including phenoxy) is 1. The third kappa shape index (κ3) is 5.50. The first-order valence-corrected chi connectivity index (χ1v) is 8.51. The van der Waals surface area contributed by atoms with Crippen LogP contribution in [0.25, 0.3) is 6.08 Å². The Morgan fingerprint density at radius 2 is 2.00 bits per heavy atom. The summed E-state index contributed by atoms with van der Waals surface area (Å²) < 4.78 is 5.29. The normalized spacial score (nSPS) is 15.8. The predicted molar refractivity (Wildman–Crippen MR) is 94.9 cm³/mol. The van der Waals surface area contributed by atoms with Crippen molar-refractivity contribution in [2.45, 2.75) is 6.42 Å². The van der Waals surface area contributed by atoms with Crippen LogP contribution in [0.1, 0.15) is 12.0 Å². The van der Waals surface area contributed by atoms with Gasteiger partial charge < -0.3 is 10.1 Å². The minimum absolute atomic E-state index is 0.0172. The van der Waals surface area contributed by atoms with Gasteiger partial charge in [-0.05, 0) is 31.2 Å². The van der Waals surface area contributed by atoms with Crippen molar-refractivity contribution in [3.8, 4) is 6.07 Å². The quantitative estimate of drug-likeness (QED) is 0.476. The van der Waals surface area contributed by atoms with Crippen LogP contribution < -0.4 is 5.32 Å². The van der Waals surface area contributed by atoms with E-state index in [0.717, 1.165) is 39.3 Å². The molecule has 1 amide bonds. The van der Waals surface area contributed by atoms with Crippen molar-refractivity contribution in [2.75, 3.05) is 39.4 Å². The number of hydrogen-bond donors (Lipinski definition) is 1. The molecule has 0 unspecified atom stereocenters. The number of hydrogen-bond acceptors (Lipinski definition) is 4. The Hall–Kier alpha value is -1.58. The number of carbonyl (C=O) groups is 1. The SMILES string of the molecule is N#CC(=Cc1c(Cl)cccc1Cl)C(=O)NCCCN1CCOCC1. The van der Waals surface area contributed by atoms with E-state index in [0.29, 0.717) is 22.2 Å². The molecule has 0 atom stereocenters. The Morgan fingerprint density at radius 3 is 2.62 bits per heavy atom. The lowest BCUT2D eigenvalue weighted by Crippen LogP contribution is -2.38. The Morgan fingerprint density at radius 1 is 1.33 bits per heavy atom. The lowest BCUT2D eigenvalue weighted by Gasteiger charge is -2.26. The summed E-state index contributed by atoms with van der Waals surface area (Å²) in [5, 5.41) is 12.8. The van der Waals surface area contributed by atoms with Crippen LogP contribution in [-0.2, 0) is 9.53 Å². The highest BCUT2D eigenvalue weighted by molar-refractivity contribution is 6.37. The first-order valence-electron chi connectivity index (χ1n) is 7.76. The molecule has 5 nitrogen and oxygen atoms in total. The molecule has 1 aliphatic heterocycles. The molecule has 7 heteroatoms. The van der Waals surface area contributed by atoms with Crippen molar-refractivity contribution < 1.29 is 9.53 Å². The van der Waals surface area contributed by atoms with Crippen LogP contribution in [0.3, 0.4) is 0 Å². The van der Waals surface area contributed by atoms with Crippen molar-refractivity contribution >= 4 is 35.2 Å². The molecule has 1 aromatic carbocycles. The van der Waals surface area contributed by atoms with E-state index in [9.17, 15) is 10.1 Å². The molecule has 0 spiro atoms. The highest BCUT2D eigenvalue weighted by Gasteiger charge is 2.13. The minimum Gasteiger partial charge on any atom is -0.379 e. The van der Waals surface area contributed by atoms with Gasteiger partial charge in [-0.2, -0.15) is 5.26 Å². The lowest BCUT2D eigenvalue weighted by atomic mass is 10.1. The van der Waals surface area contributed by atoms with Gasteiger partial charge in [-0.1, -0.05) is 29.3 Å². The molecule has 1 N–H and O–H groups in total. The molecule has 1 aliphatic rings. The van der Waals surface area contributed by atoms with Crippen molar-refractivity contribution in [3.05, 3.63) is 39.4 Å². The Labute approximate surface area is 151 Å². The number of morpholine rings is 1. The van der Waals surface area contributed by atoms with Gasteiger partial charge in [0.05, 0.1) is 13.2 Å². The van der Waals surface area contributed by atoms with E-state index in [1.165, 1.54) is 6.08 Å². The van der Waals surface area contributed by atoms with Crippen molar-refractivity contribution in [3.63, 3.8) is 0 Å². The summed E-state index contributed by atoms with van der Waals surface area (Å²) in [5.74, 6) is -0.421. The summed E-state index contributed by atoms with van der Waals surface area (Å²) in [6, 6.07) is 6.93. The second-order valence-electron chi connectivity index (χ2n) is 5.37. The van der Waals surface area contributed by atoms with Crippen molar-refractivity contribution in [2.24, 2.45) is 0 Å². The molecule has 24 heavy (non-hydrogen) atoms. The molecular formula is C17H19Cl2N3O2. The molecular weight excluding hydrogens is 349 g/mol. The molecule has 0 saturated carbocycles. The van der Waals surface area contributed by atoms with Gasteiger partial charge in [0.1, 0.15) is 11.6 Å². The first-order chi connectivity index (χ1) is 11.6. The highest BCUT2D eigenvalue weighted by atomic mass is 35.5. The smallest absolute Gasteiger partial charge is 0.261 e. The van der Waals surface area contributed by atoms with Gasteiger partial charge in [-0.25, -0.2) is 0 Å². The minimum atomic E-state index is -0.421. The molecule has 128 valence electrons. The standard InChI is InChI=1S/C17H19Cl2N3O2/c18-15-3-1-4-16(19)14(15)11-13(12-20)17(23)21-5-2-6-22-7-9-24-10-8-22/h1,3-4,11H,2,5-10H2,(H,21,23). The van der Waals surface area contributed by atoms with E-state index in [1.807, 2.05) is 6.07 Å². The van der Waals surface area contributed by atoms with Crippen LogP contribution in [0.4, 0.5) is 0 Å². The second-order valence-corrected chi connectivity index (χ2v) is 6.18. The van der Waals surface area contributed by atoms with Gasteiger partial charge in [-0.3, -0.25) is 9.69 Å². The fourth-order valence-corrected chi connectivity index (χ4v) is 2.87. The third-order valence-corrected chi connectivity index (χ3v) is 4.35. The zero-order chi connectivity index (χ0) is 17.4. The number of nitriles is 1. The topological polar surface area (TPSA) is 65.4 Å². The van der Waals surface area contributed by atoms with Crippen LogP contribution >= 0.6 is 23.2 Å². The van der Waals surface area contributed by atoms with Crippen LogP contribution in [0.2, 0.25) is 10.0 Å². The number of carbonyl (C=O) groups excluding carboxylic acids is 1. The number of benzene rings is 1. The fourth-order valence-electron chi connectivity index (χ4n) is 2.37. The summed E-state index contributed by atoms with van der Waals surface area (Å²) >= 11 is 12.1. The molecule has 0 bridgehead atoms. The van der Waals surface area contributed by atoms with Gasteiger partial charge >= 0.3 is 0 Å². The lowest BCUT2D eigenvalue weighted by molar-refractivity contribution is -0.117. The molecule has 1 saturated heterocycles. The van der Waals surface area contributed by atoms with E-state index in [1.54, 1.807) is 18.2 Å². The number of rotatable bonds is 6. The summed E-state index contributed by atoms with van der Waals surface area (Å²) in [6.07, 6.45) is 2.24. The summed E-state index contributed by atoms with van der Waals surface area (Å²) in [6.45, 7) is 4.75. The molecule has 1 aromatic rings. The van der Waals surface area contributed by atoms with E-state index in [2.05, 4.69) is 10.2 Å². The van der Waals surface area contributed by atoms with Gasteiger partial charge in [0.2, 0.25) is 0 Å². The maximum absolute atomic E-state index is 12.1. The maximum atomic E-state index is 12.1. The average molecular weight is 368 g/mol. The summed E-state index contributed by atoms with van der Waals surface area (Å²) in [7, 11) is 0. The number of nitrogens with zero attached hydrogens (tertiary/aromatic N) is 2. The average Bonchev–Trinajstić information content (AvgIpc) is 2.59. The zero-order valence-electron chi connectivity index (χ0n) is 13.2. The summed E-state index contributed by atoms with van der Waals surface area (Å²) in [4.78, 5) is 14.4. The first kappa shape index (κ1) is 18.8.